The molecule has 0 atom stereocenters. The molecule has 1 aliphatic heterocycles. The second-order valence-electron chi connectivity index (χ2n) is 10.6. The summed E-state index contributed by atoms with van der Waals surface area (Å²) in [6.45, 7) is 2.16. The van der Waals surface area contributed by atoms with Crippen LogP contribution in [-0.2, 0) is 11.3 Å². The van der Waals surface area contributed by atoms with Gasteiger partial charge in [0.15, 0.2) is 0 Å². The monoisotopic (exact) mass is 603 g/mol. The molecule has 0 radical (unpaired) electrons. The van der Waals surface area contributed by atoms with Crippen molar-refractivity contribution in [3.05, 3.63) is 92.7 Å². The quantitative estimate of drug-likeness (QED) is 0.199. The zero-order valence-corrected chi connectivity index (χ0v) is 24.1. The third-order valence-corrected chi connectivity index (χ3v) is 8.48. The summed E-state index contributed by atoms with van der Waals surface area (Å²) < 4.78 is 17.2. The second kappa shape index (κ2) is 11.4. The van der Waals surface area contributed by atoms with Crippen molar-refractivity contribution < 1.29 is 13.7 Å². The van der Waals surface area contributed by atoms with E-state index in [1.165, 1.54) is 0 Å². The number of rotatable bonds is 8. The Morgan fingerprint density at radius 2 is 1.69 bits per heavy atom. The van der Waals surface area contributed by atoms with Crippen molar-refractivity contribution in [3.8, 4) is 34.0 Å². The van der Waals surface area contributed by atoms with Crippen LogP contribution in [0.5, 0.6) is 0 Å². The molecular formula is C31H27Cl2N5O4. The fourth-order valence-corrected chi connectivity index (χ4v) is 5.99. The van der Waals surface area contributed by atoms with E-state index in [1.807, 2.05) is 54.7 Å². The molecule has 0 amide bonds. The van der Waals surface area contributed by atoms with E-state index in [0.29, 0.717) is 33.8 Å². The van der Waals surface area contributed by atoms with Crippen LogP contribution in [0.3, 0.4) is 0 Å². The Morgan fingerprint density at radius 3 is 2.33 bits per heavy atom. The predicted molar refractivity (Wildman–Crippen MR) is 160 cm³/mol. The standard InChI is InChI=1S/C31H27Cl2N5O4/c32-24-2-1-3-25(33)27(24)28-23(29(42-37-28)19-6-7-19)17-40-22-12-14-38(15-13-22)21-10-11-26(34-16-21)18-4-8-20(9-5-18)30-35-36-31(39)41-30/h1-5,8-11,16,19,22H,6-7,12-15,17H2,(H,36,39). The number of piperidine rings is 1. The lowest BCUT2D eigenvalue weighted by atomic mass is 10.0. The number of hydrogen-bond donors (Lipinski definition) is 1. The molecule has 11 heteroatoms. The van der Waals surface area contributed by atoms with Crippen molar-refractivity contribution >= 4 is 28.9 Å². The minimum atomic E-state index is -0.576. The number of nitrogens with zero attached hydrogens (tertiary/aromatic N) is 4. The van der Waals surface area contributed by atoms with Gasteiger partial charge in [-0.05, 0) is 62.1 Å². The Labute approximate surface area is 251 Å². The zero-order chi connectivity index (χ0) is 28.6. The number of pyridine rings is 1. The highest BCUT2D eigenvalue weighted by atomic mass is 35.5. The summed E-state index contributed by atoms with van der Waals surface area (Å²) in [6.07, 6.45) is 6.04. The SMILES string of the molecule is O=c1[nH]nc(-c2ccc(-c3ccc(N4CCC(OCc5c(-c6c(Cl)cccc6Cl)noc5C5CC5)CC4)cn3)cc2)o1. The molecule has 7 rings (SSSR count). The molecule has 214 valence electrons. The third-order valence-electron chi connectivity index (χ3n) is 7.85. The maximum absolute atomic E-state index is 11.2. The molecule has 5 aromatic rings. The van der Waals surface area contributed by atoms with Crippen molar-refractivity contribution in [2.45, 2.75) is 44.3 Å². The molecule has 2 aromatic carbocycles. The molecule has 1 N–H and O–H groups in total. The molecule has 42 heavy (non-hydrogen) atoms. The van der Waals surface area contributed by atoms with Gasteiger partial charge in [0, 0.05) is 41.3 Å². The van der Waals surface area contributed by atoms with Gasteiger partial charge in [-0.1, -0.05) is 46.6 Å². The van der Waals surface area contributed by atoms with E-state index in [4.69, 9.17) is 41.9 Å². The van der Waals surface area contributed by atoms with Gasteiger partial charge in [0.1, 0.15) is 11.5 Å². The number of hydrogen-bond acceptors (Lipinski definition) is 8. The lowest BCUT2D eigenvalue weighted by Crippen LogP contribution is -2.37. The lowest BCUT2D eigenvalue weighted by Gasteiger charge is -2.33. The molecule has 0 bridgehead atoms. The largest absolute Gasteiger partial charge is 0.434 e. The van der Waals surface area contributed by atoms with E-state index in [-0.39, 0.29) is 12.0 Å². The van der Waals surface area contributed by atoms with Crippen LogP contribution in [-0.4, -0.2) is 39.5 Å². The Balaban J connectivity index is 0.978. The van der Waals surface area contributed by atoms with Crippen LogP contribution < -0.4 is 10.7 Å². The molecule has 1 aliphatic carbocycles. The number of H-pyrrole nitrogens is 1. The Morgan fingerprint density at radius 1 is 0.952 bits per heavy atom. The Bertz CT molecular complexity index is 1730. The zero-order valence-electron chi connectivity index (χ0n) is 22.6. The molecule has 2 fully saturated rings. The number of nitrogens with one attached hydrogen (secondary N) is 1. The highest BCUT2D eigenvalue weighted by Gasteiger charge is 2.34. The van der Waals surface area contributed by atoms with Gasteiger partial charge >= 0.3 is 5.76 Å². The summed E-state index contributed by atoms with van der Waals surface area (Å²) in [5.74, 6) is 0.970. The van der Waals surface area contributed by atoms with Crippen molar-refractivity contribution in [2.75, 3.05) is 18.0 Å². The van der Waals surface area contributed by atoms with E-state index in [1.54, 1.807) is 0 Å². The minimum Gasteiger partial charge on any atom is -0.388 e. The van der Waals surface area contributed by atoms with E-state index in [0.717, 1.165) is 72.6 Å². The van der Waals surface area contributed by atoms with Gasteiger partial charge in [0.25, 0.3) is 0 Å². The lowest BCUT2D eigenvalue weighted by molar-refractivity contribution is 0.0246. The summed E-state index contributed by atoms with van der Waals surface area (Å²) in [5, 5.41) is 11.6. The van der Waals surface area contributed by atoms with Crippen molar-refractivity contribution in [1.82, 2.24) is 20.3 Å². The summed E-state index contributed by atoms with van der Waals surface area (Å²) >= 11 is 13.0. The van der Waals surface area contributed by atoms with Crippen LogP contribution in [0, 0.1) is 0 Å². The molecule has 0 spiro atoms. The van der Waals surface area contributed by atoms with Crippen LogP contribution in [0.4, 0.5) is 5.69 Å². The van der Waals surface area contributed by atoms with E-state index < -0.39 is 5.76 Å². The highest BCUT2D eigenvalue weighted by molar-refractivity contribution is 6.39. The summed E-state index contributed by atoms with van der Waals surface area (Å²) in [7, 11) is 0. The number of aromatic nitrogens is 4. The van der Waals surface area contributed by atoms with Gasteiger partial charge in [-0.25, -0.2) is 9.89 Å². The van der Waals surface area contributed by atoms with Crippen molar-refractivity contribution in [2.24, 2.45) is 0 Å². The fourth-order valence-electron chi connectivity index (χ4n) is 5.41. The molecule has 1 saturated heterocycles. The fraction of sp³-hybridized carbons (Fsp3) is 0.290. The van der Waals surface area contributed by atoms with Crippen LogP contribution in [0.2, 0.25) is 10.0 Å². The minimum absolute atomic E-state index is 0.127. The molecule has 3 aromatic heterocycles. The van der Waals surface area contributed by atoms with Crippen LogP contribution in [0.25, 0.3) is 34.0 Å². The summed E-state index contributed by atoms with van der Waals surface area (Å²) in [6, 6.07) is 17.2. The normalized spacial score (nSPS) is 15.8. The van der Waals surface area contributed by atoms with Gasteiger partial charge in [0.2, 0.25) is 5.89 Å². The number of ether oxygens (including phenoxy) is 1. The van der Waals surface area contributed by atoms with Gasteiger partial charge in [-0.2, -0.15) is 0 Å². The smallest absolute Gasteiger partial charge is 0.388 e. The summed E-state index contributed by atoms with van der Waals surface area (Å²) in [5.41, 5.74) is 5.96. The van der Waals surface area contributed by atoms with Crippen LogP contribution >= 0.6 is 23.2 Å². The van der Waals surface area contributed by atoms with Crippen molar-refractivity contribution in [3.63, 3.8) is 0 Å². The Hall–Kier alpha value is -3.92. The average Bonchev–Trinajstić information content (AvgIpc) is 3.64. The predicted octanol–water partition coefficient (Wildman–Crippen LogP) is 7.12. The third kappa shape index (κ3) is 5.47. The second-order valence-corrected chi connectivity index (χ2v) is 11.5. The number of halogens is 2. The maximum atomic E-state index is 11.2. The molecule has 4 heterocycles. The number of anilines is 1. The van der Waals surface area contributed by atoms with E-state index >= 15 is 0 Å². The maximum Gasteiger partial charge on any atom is 0.434 e. The van der Waals surface area contributed by atoms with Gasteiger partial charge < -0.3 is 18.6 Å². The first-order valence-electron chi connectivity index (χ1n) is 14.0. The van der Waals surface area contributed by atoms with Gasteiger partial charge in [0.05, 0.1) is 40.3 Å². The number of aromatic amines is 1. The Kier molecular flexibility index (Phi) is 7.31. The topological polar surface area (TPSA) is 110 Å². The molecule has 1 saturated carbocycles. The van der Waals surface area contributed by atoms with E-state index in [9.17, 15) is 4.79 Å². The molecule has 9 nitrogen and oxygen atoms in total. The van der Waals surface area contributed by atoms with Crippen LogP contribution in [0.1, 0.15) is 42.9 Å². The first-order valence-corrected chi connectivity index (χ1v) is 14.7. The molecule has 0 unspecified atom stereocenters. The number of benzene rings is 2. The first-order chi connectivity index (χ1) is 20.5. The average molecular weight is 604 g/mol. The van der Waals surface area contributed by atoms with E-state index in [2.05, 4.69) is 26.3 Å². The van der Waals surface area contributed by atoms with Gasteiger partial charge in [-0.3, -0.25) is 4.98 Å². The molecular weight excluding hydrogens is 577 g/mol. The summed E-state index contributed by atoms with van der Waals surface area (Å²) in [4.78, 5) is 18.2. The molecule has 2 aliphatic rings. The van der Waals surface area contributed by atoms with Gasteiger partial charge in [-0.15, -0.1) is 5.10 Å². The van der Waals surface area contributed by atoms with Crippen molar-refractivity contribution in [1.29, 1.82) is 0 Å². The first kappa shape index (κ1) is 26.9. The van der Waals surface area contributed by atoms with Crippen LogP contribution in [0.15, 0.2) is 74.5 Å². The highest BCUT2D eigenvalue weighted by Crippen LogP contribution is 2.46.